The van der Waals surface area contributed by atoms with Crippen molar-refractivity contribution in [3.63, 3.8) is 0 Å². The van der Waals surface area contributed by atoms with Crippen molar-refractivity contribution in [3.05, 3.63) is 81.5 Å². The number of halogens is 3. The van der Waals surface area contributed by atoms with Crippen LogP contribution >= 0.6 is 0 Å². The number of hydrogen-bond acceptors (Lipinski definition) is 4. The maximum Gasteiger partial charge on any atom is 0.310 e. The molecule has 0 amide bonds. The maximum absolute atomic E-state index is 13.8. The van der Waals surface area contributed by atoms with Crippen molar-refractivity contribution >= 4 is 11.6 Å². The lowest BCUT2D eigenvalue weighted by Gasteiger charge is -2.16. The van der Waals surface area contributed by atoms with Crippen molar-refractivity contribution in [3.8, 4) is 5.75 Å². The van der Waals surface area contributed by atoms with Crippen LogP contribution in [0.5, 0.6) is 5.75 Å². The summed E-state index contributed by atoms with van der Waals surface area (Å²) in [6.07, 6.45) is 1.62. The molecule has 0 saturated heterocycles. The van der Waals surface area contributed by atoms with Gasteiger partial charge in [0.2, 0.25) is 11.8 Å². The zero-order valence-electron chi connectivity index (χ0n) is 15.3. The Morgan fingerprint density at radius 3 is 2.46 bits per heavy atom. The second-order valence-electron chi connectivity index (χ2n) is 6.12. The van der Waals surface area contributed by atoms with Crippen molar-refractivity contribution in [2.24, 2.45) is 0 Å². The van der Waals surface area contributed by atoms with Crippen LogP contribution in [0.1, 0.15) is 18.1 Å². The Morgan fingerprint density at radius 1 is 1.11 bits per heavy atom. The molecule has 0 saturated carbocycles. The Balaban J connectivity index is 2.01. The zero-order valence-corrected chi connectivity index (χ0v) is 15.3. The van der Waals surface area contributed by atoms with Crippen LogP contribution in [0.3, 0.4) is 0 Å². The molecule has 0 aliphatic carbocycles. The molecule has 0 bridgehead atoms. The molecule has 5 nitrogen and oxygen atoms in total. The van der Waals surface area contributed by atoms with Crippen LogP contribution < -0.4 is 15.6 Å². The molecule has 0 atom stereocenters. The zero-order chi connectivity index (χ0) is 20.3. The van der Waals surface area contributed by atoms with Crippen LogP contribution in [-0.4, -0.2) is 16.7 Å². The smallest absolute Gasteiger partial charge is 0.310 e. The molecule has 0 aliphatic rings. The molecular weight excluding hydrogens is 371 g/mol. The lowest BCUT2D eigenvalue weighted by Crippen LogP contribution is -2.20. The highest BCUT2D eigenvalue weighted by Crippen LogP contribution is 2.25. The summed E-state index contributed by atoms with van der Waals surface area (Å²) in [6, 6.07) is 8.32. The highest BCUT2D eigenvalue weighted by molar-refractivity contribution is 5.60. The molecule has 1 N–H and O–H groups in total. The minimum atomic E-state index is -1.06. The Labute approximate surface area is 159 Å². The summed E-state index contributed by atoms with van der Waals surface area (Å²) in [5, 5.41) is 3.00. The maximum atomic E-state index is 13.8. The van der Waals surface area contributed by atoms with Crippen LogP contribution in [0.4, 0.5) is 24.8 Å². The first-order valence-corrected chi connectivity index (χ1v) is 8.55. The molecule has 2 aromatic carbocycles. The molecule has 28 heavy (non-hydrogen) atoms. The van der Waals surface area contributed by atoms with Crippen molar-refractivity contribution in [2.75, 3.05) is 12.4 Å². The summed E-state index contributed by atoms with van der Waals surface area (Å²) in [4.78, 5) is 15.4. The van der Waals surface area contributed by atoms with E-state index in [-0.39, 0.29) is 18.1 Å². The van der Waals surface area contributed by atoms with E-state index in [1.54, 1.807) is 19.2 Å². The average molecular weight is 389 g/mol. The monoisotopic (exact) mass is 389 g/mol. The van der Waals surface area contributed by atoms with E-state index in [2.05, 4.69) is 10.3 Å². The normalized spacial score (nSPS) is 10.8. The topological polar surface area (TPSA) is 56.1 Å². The quantitative estimate of drug-likeness (QED) is 0.692. The van der Waals surface area contributed by atoms with Gasteiger partial charge in [-0.1, -0.05) is 6.92 Å². The highest BCUT2D eigenvalue weighted by atomic mass is 19.1. The predicted octanol–water partition coefficient (Wildman–Crippen LogP) is 4.02. The van der Waals surface area contributed by atoms with Crippen molar-refractivity contribution in [2.45, 2.75) is 19.9 Å². The van der Waals surface area contributed by atoms with E-state index >= 15 is 0 Å². The molecule has 0 radical (unpaired) electrons. The first-order chi connectivity index (χ1) is 13.4. The molecule has 0 fully saturated rings. The minimum Gasteiger partial charge on any atom is -0.497 e. The lowest BCUT2D eigenvalue weighted by atomic mass is 10.1. The Morgan fingerprint density at radius 2 is 1.82 bits per heavy atom. The van der Waals surface area contributed by atoms with E-state index in [4.69, 9.17) is 4.74 Å². The number of methoxy groups -OCH3 is 1. The van der Waals surface area contributed by atoms with Gasteiger partial charge in [-0.2, -0.15) is 9.37 Å². The molecular formula is C20H18F3N3O2. The van der Waals surface area contributed by atoms with Crippen molar-refractivity contribution in [1.29, 1.82) is 0 Å². The van der Waals surface area contributed by atoms with Gasteiger partial charge in [0.1, 0.15) is 17.4 Å². The molecule has 0 unspecified atom stereocenters. The number of aryl methyl sites for hydroxylation is 1. The third-order valence-corrected chi connectivity index (χ3v) is 4.17. The molecule has 1 aromatic heterocycles. The van der Waals surface area contributed by atoms with E-state index in [1.165, 1.54) is 4.57 Å². The fourth-order valence-corrected chi connectivity index (χ4v) is 2.82. The SMILES string of the molecule is CCc1cc(OC)ccc1Nc1nc(=O)c(F)cn1Cc1cc(F)cc(F)c1. The Hall–Kier alpha value is -3.29. The van der Waals surface area contributed by atoms with Crippen LogP contribution in [0, 0.1) is 17.5 Å². The molecule has 8 heteroatoms. The minimum absolute atomic E-state index is 0.0518. The summed E-state index contributed by atoms with van der Waals surface area (Å²) in [7, 11) is 1.55. The number of anilines is 2. The standard InChI is InChI=1S/C20H18F3N3O2/c1-3-13-8-16(28-2)4-5-18(13)24-20-25-19(27)17(23)11-26(20)10-12-6-14(21)9-15(22)7-12/h4-9,11H,3,10H2,1-2H3,(H,24,25,27). The van der Waals surface area contributed by atoms with Gasteiger partial charge in [-0.15, -0.1) is 0 Å². The van der Waals surface area contributed by atoms with Gasteiger partial charge < -0.3 is 14.6 Å². The first-order valence-electron chi connectivity index (χ1n) is 8.55. The number of aromatic nitrogens is 2. The summed E-state index contributed by atoms with van der Waals surface area (Å²) < 4.78 is 47.3. The summed E-state index contributed by atoms with van der Waals surface area (Å²) in [5.41, 5.74) is 0.772. The fraction of sp³-hybridized carbons (Fsp3) is 0.200. The number of nitrogens with one attached hydrogen (secondary N) is 1. The Bertz CT molecular complexity index is 1050. The van der Waals surface area contributed by atoms with Crippen molar-refractivity contribution in [1.82, 2.24) is 9.55 Å². The van der Waals surface area contributed by atoms with Gasteiger partial charge in [-0.25, -0.2) is 8.78 Å². The van der Waals surface area contributed by atoms with Crippen LogP contribution in [0.15, 0.2) is 47.4 Å². The predicted molar refractivity (Wildman–Crippen MR) is 99.6 cm³/mol. The first kappa shape index (κ1) is 19.5. The molecule has 146 valence electrons. The highest BCUT2D eigenvalue weighted by Gasteiger charge is 2.12. The van der Waals surface area contributed by atoms with Crippen LogP contribution in [0.25, 0.3) is 0 Å². The van der Waals surface area contributed by atoms with Gasteiger partial charge in [0.05, 0.1) is 13.7 Å². The van der Waals surface area contributed by atoms with Gasteiger partial charge in [-0.05, 0) is 47.9 Å². The number of rotatable bonds is 6. The van der Waals surface area contributed by atoms with E-state index in [9.17, 15) is 18.0 Å². The number of ether oxygens (including phenoxy) is 1. The second kappa shape index (κ2) is 8.16. The van der Waals surface area contributed by atoms with E-state index in [0.29, 0.717) is 17.9 Å². The van der Waals surface area contributed by atoms with Crippen LogP contribution in [0.2, 0.25) is 0 Å². The number of benzene rings is 2. The van der Waals surface area contributed by atoms with Gasteiger partial charge in [0.15, 0.2) is 0 Å². The molecule has 3 aromatic rings. The third-order valence-electron chi connectivity index (χ3n) is 4.17. The average Bonchev–Trinajstić information content (AvgIpc) is 2.65. The largest absolute Gasteiger partial charge is 0.497 e. The van der Waals surface area contributed by atoms with Crippen molar-refractivity contribution < 1.29 is 17.9 Å². The second-order valence-corrected chi connectivity index (χ2v) is 6.12. The number of hydrogen-bond donors (Lipinski definition) is 1. The molecule has 1 heterocycles. The molecule has 0 aliphatic heterocycles. The van der Waals surface area contributed by atoms with Gasteiger partial charge in [0, 0.05) is 18.0 Å². The number of nitrogens with zero attached hydrogens (tertiary/aromatic N) is 2. The fourth-order valence-electron chi connectivity index (χ4n) is 2.82. The summed E-state index contributed by atoms with van der Waals surface area (Å²) in [5.74, 6) is -1.84. The molecule has 3 rings (SSSR count). The van der Waals surface area contributed by atoms with E-state index in [0.717, 1.165) is 30.0 Å². The van der Waals surface area contributed by atoms with Gasteiger partial charge in [-0.3, -0.25) is 4.79 Å². The van der Waals surface area contributed by atoms with E-state index < -0.39 is 23.0 Å². The van der Waals surface area contributed by atoms with E-state index in [1.807, 2.05) is 13.0 Å². The molecule has 0 spiro atoms. The lowest BCUT2D eigenvalue weighted by molar-refractivity contribution is 0.414. The third kappa shape index (κ3) is 4.33. The van der Waals surface area contributed by atoms with Crippen LogP contribution in [-0.2, 0) is 13.0 Å². The van der Waals surface area contributed by atoms with Gasteiger partial charge in [0.25, 0.3) is 0 Å². The summed E-state index contributed by atoms with van der Waals surface area (Å²) in [6.45, 7) is 1.86. The summed E-state index contributed by atoms with van der Waals surface area (Å²) >= 11 is 0. The Kier molecular flexibility index (Phi) is 5.67. The van der Waals surface area contributed by atoms with Gasteiger partial charge >= 0.3 is 5.56 Å².